The first-order valence-corrected chi connectivity index (χ1v) is 3.67. The fourth-order valence-electron chi connectivity index (χ4n) is 1.20. The lowest BCUT2D eigenvalue weighted by atomic mass is 9.95. The maximum absolute atomic E-state index is 9.18. The molecule has 1 heterocycles. The van der Waals surface area contributed by atoms with Gasteiger partial charge in [-0.3, -0.25) is 5.32 Å². The average molecular weight is 179 g/mol. The Morgan fingerprint density at radius 1 is 0.917 bits per heavy atom. The fraction of sp³-hybridized carbons (Fsp3) is 1.00. The van der Waals surface area contributed by atoms with Crippen LogP contribution in [0.15, 0.2) is 0 Å². The molecule has 0 spiro atoms. The van der Waals surface area contributed by atoms with Crippen molar-refractivity contribution < 1.29 is 25.5 Å². The monoisotopic (exact) mass is 179 g/mol. The van der Waals surface area contributed by atoms with E-state index < -0.39 is 37.2 Å². The van der Waals surface area contributed by atoms with Crippen molar-refractivity contribution in [3.05, 3.63) is 0 Å². The van der Waals surface area contributed by atoms with Gasteiger partial charge < -0.3 is 25.5 Å². The lowest BCUT2D eigenvalue weighted by Crippen LogP contribution is -2.65. The second kappa shape index (κ2) is 3.65. The molecule has 1 aliphatic heterocycles. The van der Waals surface area contributed by atoms with Crippen molar-refractivity contribution in [1.82, 2.24) is 5.32 Å². The summed E-state index contributed by atoms with van der Waals surface area (Å²) in [5, 5.41) is 47.3. The summed E-state index contributed by atoms with van der Waals surface area (Å²) in [4.78, 5) is 0. The predicted molar refractivity (Wildman–Crippen MR) is 38.0 cm³/mol. The zero-order valence-electron chi connectivity index (χ0n) is 6.33. The molecule has 1 rings (SSSR count). The molecule has 0 amide bonds. The fourth-order valence-corrected chi connectivity index (χ4v) is 1.20. The molecule has 12 heavy (non-hydrogen) atoms. The van der Waals surface area contributed by atoms with Gasteiger partial charge in [-0.25, -0.2) is 0 Å². The second-order valence-corrected chi connectivity index (χ2v) is 2.87. The van der Waals surface area contributed by atoms with Crippen LogP contribution in [-0.2, 0) is 0 Å². The molecule has 6 heteroatoms. The highest BCUT2D eigenvalue weighted by atomic mass is 16.4. The highest BCUT2D eigenvalue weighted by molar-refractivity contribution is 4.93. The van der Waals surface area contributed by atoms with Crippen molar-refractivity contribution in [2.75, 3.05) is 6.61 Å². The molecule has 0 saturated carbocycles. The topological polar surface area (TPSA) is 113 Å². The first kappa shape index (κ1) is 9.85. The molecule has 5 atom stereocenters. The third-order valence-electron chi connectivity index (χ3n) is 2.02. The lowest BCUT2D eigenvalue weighted by Gasteiger charge is -2.38. The van der Waals surface area contributed by atoms with Crippen LogP contribution in [0.4, 0.5) is 0 Å². The van der Waals surface area contributed by atoms with Gasteiger partial charge in [-0.15, -0.1) is 0 Å². The summed E-state index contributed by atoms with van der Waals surface area (Å²) in [5.74, 6) is 0. The molecule has 1 fully saturated rings. The van der Waals surface area contributed by atoms with Gasteiger partial charge in [0.1, 0.15) is 24.5 Å². The van der Waals surface area contributed by atoms with Crippen LogP contribution in [0.25, 0.3) is 0 Å². The highest BCUT2D eigenvalue weighted by Gasteiger charge is 2.40. The normalized spacial score (nSPS) is 49.2. The van der Waals surface area contributed by atoms with E-state index in [2.05, 4.69) is 5.32 Å². The van der Waals surface area contributed by atoms with Crippen molar-refractivity contribution in [3.63, 3.8) is 0 Å². The van der Waals surface area contributed by atoms with Crippen molar-refractivity contribution in [1.29, 1.82) is 0 Å². The molecular formula is C6H13NO5. The first-order valence-electron chi connectivity index (χ1n) is 3.67. The molecule has 0 unspecified atom stereocenters. The van der Waals surface area contributed by atoms with Gasteiger partial charge in [-0.1, -0.05) is 0 Å². The summed E-state index contributed by atoms with van der Waals surface area (Å²) in [6.07, 6.45) is -5.45. The number of piperidine rings is 1. The smallest absolute Gasteiger partial charge is 0.134 e. The van der Waals surface area contributed by atoms with Crippen LogP contribution < -0.4 is 5.32 Å². The summed E-state index contributed by atoms with van der Waals surface area (Å²) in [6.45, 7) is -0.415. The Bertz CT molecular complexity index is 150. The van der Waals surface area contributed by atoms with Crippen molar-refractivity contribution in [3.8, 4) is 0 Å². The largest absolute Gasteiger partial charge is 0.395 e. The summed E-state index contributed by atoms with van der Waals surface area (Å²) >= 11 is 0. The molecule has 0 aromatic carbocycles. The Hall–Kier alpha value is -0.240. The quantitative estimate of drug-likeness (QED) is 0.247. The van der Waals surface area contributed by atoms with E-state index in [-0.39, 0.29) is 0 Å². The molecule has 0 bridgehead atoms. The molecule has 0 aliphatic carbocycles. The van der Waals surface area contributed by atoms with Gasteiger partial charge in [0.15, 0.2) is 0 Å². The number of nitrogens with one attached hydrogen (secondary N) is 1. The zero-order valence-corrected chi connectivity index (χ0v) is 6.33. The van der Waals surface area contributed by atoms with Gasteiger partial charge >= 0.3 is 0 Å². The van der Waals surface area contributed by atoms with E-state index in [0.29, 0.717) is 0 Å². The summed E-state index contributed by atoms with van der Waals surface area (Å²) < 4.78 is 0. The van der Waals surface area contributed by atoms with E-state index in [1.54, 1.807) is 0 Å². The molecule has 1 aliphatic rings. The average Bonchev–Trinajstić information content (AvgIpc) is 2.08. The molecule has 72 valence electrons. The van der Waals surface area contributed by atoms with Gasteiger partial charge in [-0.05, 0) is 0 Å². The minimum absolute atomic E-state index is 0.415. The van der Waals surface area contributed by atoms with Crippen LogP contribution in [0.3, 0.4) is 0 Å². The minimum Gasteiger partial charge on any atom is -0.395 e. The van der Waals surface area contributed by atoms with Gasteiger partial charge in [0.2, 0.25) is 0 Å². The Balaban J connectivity index is 2.63. The molecule has 1 saturated heterocycles. The van der Waals surface area contributed by atoms with Crippen LogP contribution in [0, 0.1) is 0 Å². The SMILES string of the molecule is OC[C@H]1N[C@H](O)[C@H](O)[C@@H](O)[C@@H]1O. The first-order chi connectivity index (χ1) is 5.57. The van der Waals surface area contributed by atoms with Crippen LogP contribution >= 0.6 is 0 Å². The van der Waals surface area contributed by atoms with Crippen molar-refractivity contribution in [2.45, 2.75) is 30.6 Å². The standard InChI is InChI=1S/C6H13NO5/c8-1-2-3(9)4(10)5(11)6(12)7-2/h2-12H,1H2/t2-,3-,4+,5-,6-/m1/s1. The Kier molecular flexibility index (Phi) is 2.99. The number of aliphatic hydroxyl groups is 5. The van der Waals surface area contributed by atoms with Crippen molar-refractivity contribution >= 4 is 0 Å². The van der Waals surface area contributed by atoms with E-state index in [1.165, 1.54) is 0 Å². The zero-order chi connectivity index (χ0) is 9.30. The molecule has 0 radical (unpaired) electrons. The number of hydrogen-bond acceptors (Lipinski definition) is 6. The third kappa shape index (κ3) is 1.58. The summed E-state index contributed by atoms with van der Waals surface area (Å²) in [7, 11) is 0. The van der Waals surface area contributed by atoms with Crippen LogP contribution in [-0.4, -0.2) is 62.7 Å². The highest BCUT2D eigenvalue weighted by Crippen LogP contribution is 2.13. The maximum atomic E-state index is 9.18. The van der Waals surface area contributed by atoms with Crippen molar-refractivity contribution in [2.24, 2.45) is 0 Å². The van der Waals surface area contributed by atoms with Crippen LogP contribution in [0.1, 0.15) is 0 Å². The van der Waals surface area contributed by atoms with Gasteiger partial charge in [-0.2, -0.15) is 0 Å². The van der Waals surface area contributed by atoms with Crippen LogP contribution in [0.2, 0.25) is 0 Å². The van der Waals surface area contributed by atoms with Gasteiger partial charge in [0.05, 0.1) is 12.6 Å². The third-order valence-corrected chi connectivity index (χ3v) is 2.02. The molecule has 6 nitrogen and oxygen atoms in total. The van der Waals surface area contributed by atoms with E-state index in [4.69, 9.17) is 20.4 Å². The van der Waals surface area contributed by atoms with Gasteiger partial charge in [0, 0.05) is 0 Å². The van der Waals surface area contributed by atoms with E-state index in [9.17, 15) is 5.11 Å². The number of aliphatic hydroxyl groups excluding tert-OH is 5. The lowest BCUT2D eigenvalue weighted by molar-refractivity contribution is -0.161. The van der Waals surface area contributed by atoms with Gasteiger partial charge in [0.25, 0.3) is 0 Å². The number of hydrogen-bond donors (Lipinski definition) is 6. The van der Waals surface area contributed by atoms with Crippen LogP contribution in [0.5, 0.6) is 0 Å². The molecule has 0 aromatic rings. The maximum Gasteiger partial charge on any atom is 0.134 e. The summed E-state index contributed by atoms with van der Waals surface area (Å²) in [5.41, 5.74) is 0. The van der Waals surface area contributed by atoms with E-state index >= 15 is 0 Å². The molecular weight excluding hydrogens is 166 g/mol. The predicted octanol–water partition coefficient (Wildman–Crippen LogP) is -3.65. The Morgan fingerprint density at radius 3 is 2.00 bits per heavy atom. The summed E-state index contributed by atoms with van der Waals surface area (Å²) in [6, 6.07) is -0.807. The number of rotatable bonds is 1. The Morgan fingerprint density at radius 2 is 1.50 bits per heavy atom. The Labute approximate surface area is 69.1 Å². The van der Waals surface area contributed by atoms with E-state index in [1.807, 2.05) is 0 Å². The molecule has 6 N–H and O–H groups in total. The minimum atomic E-state index is -1.43. The molecule has 0 aromatic heterocycles. The van der Waals surface area contributed by atoms with E-state index in [0.717, 1.165) is 0 Å². The second-order valence-electron chi connectivity index (χ2n) is 2.87.